The molecule has 0 spiro atoms. The molecular weight excluding hydrogens is 344 g/mol. The highest BCUT2D eigenvalue weighted by molar-refractivity contribution is 7.09. The summed E-state index contributed by atoms with van der Waals surface area (Å²) in [5.41, 5.74) is 4.62. The lowest BCUT2D eigenvalue weighted by atomic mass is 9.84. The lowest BCUT2D eigenvalue weighted by molar-refractivity contribution is -0.118. The Bertz CT molecular complexity index is 792. The standard InChI is InChI=1S/C21H28N2O2S/c1-14(25-5)20-22-17(13-26-20)12-19(24)23-10-6-7-15-11-16(21(2,3)4)8-9-18(15)23/h8-9,11,13-14H,6-7,10,12H2,1-5H3/t14-/m0/s1. The number of benzene rings is 1. The minimum Gasteiger partial charge on any atom is -0.375 e. The molecule has 26 heavy (non-hydrogen) atoms. The van der Waals surface area contributed by atoms with Crippen molar-refractivity contribution in [2.75, 3.05) is 18.6 Å². The highest BCUT2D eigenvalue weighted by Crippen LogP contribution is 2.32. The van der Waals surface area contributed by atoms with E-state index in [4.69, 9.17) is 4.74 Å². The van der Waals surface area contributed by atoms with Gasteiger partial charge in [-0.15, -0.1) is 11.3 Å². The summed E-state index contributed by atoms with van der Waals surface area (Å²) in [4.78, 5) is 19.4. The number of ether oxygens (including phenoxy) is 1. The number of hydrogen-bond acceptors (Lipinski definition) is 4. The SMILES string of the molecule is CO[C@@H](C)c1nc(CC(=O)N2CCCc3cc(C(C)(C)C)ccc32)cs1. The highest BCUT2D eigenvalue weighted by atomic mass is 32.1. The van der Waals surface area contributed by atoms with Crippen molar-refractivity contribution in [3.63, 3.8) is 0 Å². The molecule has 4 nitrogen and oxygen atoms in total. The van der Waals surface area contributed by atoms with Gasteiger partial charge < -0.3 is 9.64 Å². The zero-order valence-electron chi connectivity index (χ0n) is 16.3. The van der Waals surface area contributed by atoms with E-state index in [1.54, 1.807) is 18.4 Å². The molecule has 0 bridgehead atoms. The topological polar surface area (TPSA) is 42.4 Å². The van der Waals surface area contributed by atoms with Crippen LogP contribution < -0.4 is 4.90 Å². The fourth-order valence-electron chi connectivity index (χ4n) is 3.26. The van der Waals surface area contributed by atoms with Crippen LogP contribution in [0.15, 0.2) is 23.6 Å². The summed E-state index contributed by atoms with van der Waals surface area (Å²) in [6.07, 6.45) is 2.35. The summed E-state index contributed by atoms with van der Waals surface area (Å²) in [6.45, 7) is 9.42. The lowest BCUT2D eigenvalue weighted by Crippen LogP contribution is -2.36. The van der Waals surface area contributed by atoms with E-state index < -0.39 is 0 Å². The monoisotopic (exact) mass is 372 g/mol. The van der Waals surface area contributed by atoms with E-state index in [9.17, 15) is 4.79 Å². The van der Waals surface area contributed by atoms with E-state index in [0.717, 1.165) is 35.8 Å². The predicted octanol–water partition coefficient (Wildman–Crippen LogP) is 4.67. The van der Waals surface area contributed by atoms with Gasteiger partial charge in [-0.25, -0.2) is 4.98 Å². The van der Waals surface area contributed by atoms with Gasteiger partial charge in [0.15, 0.2) is 0 Å². The van der Waals surface area contributed by atoms with Gasteiger partial charge >= 0.3 is 0 Å². The fourth-order valence-corrected chi connectivity index (χ4v) is 4.12. The summed E-state index contributed by atoms with van der Waals surface area (Å²) in [6, 6.07) is 6.55. The van der Waals surface area contributed by atoms with Gasteiger partial charge in [0.05, 0.1) is 12.1 Å². The Balaban J connectivity index is 1.78. The van der Waals surface area contributed by atoms with E-state index in [1.807, 2.05) is 17.2 Å². The first-order valence-corrected chi connectivity index (χ1v) is 10.1. The quantitative estimate of drug-likeness (QED) is 0.783. The van der Waals surface area contributed by atoms with Crippen LogP contribution in [0.4, 0.5) is 5.69 Å². The Hall–Kier alpha value is -1.72. The molecule has 1 aromatic carbocycles. The van der Waals surface area contributed by atoms with E-state index >= 15 is 0 Å². The number of amides is 1. The highest BCUT2D eigenvalue weighted by Gasteiger charge is 2.25. The van der Waals surface area contributed by atoms with Gasteiger partial charge in [0, 0.05) is 24.7 Å². The van der Waals surface area contributed by atoms with E-state index in [-0.39, 0.29) is 17.4 Å². The summed E-state index contributed by atoms with van der Waals surface area (Å²) < 4.78 is 5.31. The number of fused-ring (bicyclic) bond motifs is 1. The fraction of sp³-hybridized carbons (Fsp3) is 0.524. The lowest BCUT2D eigenvalue weighted by Gasteiger charge is -2.31. The molecule has 0 saturated carbocycles. The minimum absolute atomic E-state index is 0.0321. The van der Waals surface area contributed by atoms with E-state index in [2.05, 4.69) is 44.0 Å². The van der Waals surface area contributed by atoms with Crippen molar-refractivity contribution in [3.05, 3.63) is 45.4 Å². The molecule has 1 aliphatic heterocycles. The number of aromatic nitrogens is 1. The molecule has 140 valence electrons. The second-order valence-corrected chi connectivity index (χ2v) is 8.86. The third-order valence-electron chi connectivity index (χ3n) is 4.97. The van der Waals surface area contributed by atoms with Gasteiger partial charge in [-0.3, -0.25) is 4.79 Å². The molecule has 3 rings (SSSR count). The molecule has 5 heteroatoms. The number of anilines is 1. The molecule has 2 heterocycles. The molecule has 1 aromatic heterocycles. The number of hydrogen-bond donors (Lipinski definition) is 0. The van der Waals surface area contributed by atoms with Crippen LogP contribution in [0.2, 0.25) is 0 Å². The maximum Gasteiger partial charge on any atom is 0.233 e. The molecule has 0 saturated heterocycles. The van der Waals surface area contributed by atoms with Crippen molar-refractivity contribution < 1.29 is 9.53 Å². The van der Waals surface area contributed by atoms with Gasteiger partial charge in [-0.1, -0.05) is 32.9 Å². The van der Waals surface area contributed by atoms with E-state index in [0.29, 0.717) is 6.42 Å². The molecule has 0 N–H and O–H groups in total. The maximum absolute atomic E-state index is 12.9. The summed E-state index contributed by atoms with van der Waals surface area (Å²) in [5, 5.41) is 2.89. The Morgan fingerprint density at radius 3 is 2.85 bits per heavy atom. The largest absolute Gasteiger partial charge is 0.375 e. The van der Waals surface area contributed by atoms with Crippen LogP contribution in [-0.2, 0) is 27.8 Å². The maximum atomic E-state index is 12.9. The van der Waals surface area contributed by atoms with Crippen LogP contribution >= 0.6 is 11.3 Å². The molecule has 1 aliphatic rings. The van der Waals surface area contributed by atoms with Crippen molar-refractivity contribution in [3.8, 4) is 0 Å². The first-order chi connectivity index (χ1) is 12.3. The summed E-state index contributed by atoms with van der Waals surface area (Å²) in [5.74, 6) is 0.122. The average molecular weight is 373 g/mol. The van der Waals surface area contributed by atoms with Crippen LogP contribution in [0.25, 0.3) is 0 Å². The number of methoxy groups -OCH3 is 1. The van der Waals surface area contributed by atoms with Crippen LogP contribution in [0, 0.1) is 0 Å². The van der Waals surface area contributed by atoms with Gasteiger partial charge in [-0.2, -0.15) is 0 Å². The van der Waals surface area contributed by atoms with Gasteiger partial charge in [-0.05, 0) is 42.4 Å². The number of carbonyl (C=O) groups is 1. The second-order valence-electron chi connectivity index (χ2n) is 7.97. The van der Waals surface area contributed by atoms with Gasteiger partial charge in [0.1, 0.15) is 11.1 Å². The molecule has 1 amide bonds. The zero-order chi connectivity index (χ0) is 18.9. The van der Waals surface area contributed by atoms with Crippen molar-refractivity contribution in [1.82, 2.24) is 4.98 Å². The third kappa shape index (κ3) is 3.99. The molecule has 0 unspecified atom stereocenters. The average Bonchev–Trinajstić information content (AvgIpc) is 3.07. The van der Waals surface area contributed by atoms with Crippen molar-refractivity contribution in [1.29, 1.82) is 0 Å². The van der Waals surface area contributed by atoms with Crippen LogP contribution in [0.5, 0.6) is 0 Å². The Morgan fingerprint density at radius 1 is 1.38 bits per heavy atom. The zero-order valence-corrected chi connectivity index (χ0v) is 17.2. The molecule has 0 fully saturated rings. The summed E-state index contributed by atoms with van der Waals surface area (Å²) in [7, 11) is 1.67. The molecular formula is C21H28N2O2S. The smallest absolute Gasteiger partial charge is 0.233 e. The number of aryl methyl sites for hydroxylation is 1. The first-order valence-electron chi connectivity index (χ1n) is 9.20. The van der Waals surface area contributed by atoms with Crippen LogP contribution in [0.3, 0.4) is 0 Å². The summed E-state index contributed by atoms with van der Waals surface area (Å²) >= 11 is 1.55. The normalized spacial score (nSPS) is 15.7. The number of nitrogens with zero attached hydrogens (tertiary/aromatic N) is 2. The van der Waals surface area contributed by atoms with Crippen molar-refractivity contribution >= 4 is 22.9 Å². The minimum atomic E-state index is -0.0321. The molecule has 0 radical (unpaired) electrons. The van der Waals surface area contributed by atoms with Crippen LogP contribution in [0.1, 0.15) is 62.0 Å². The molecule has 0 aliphatic carbocycles. The molecule has 1 atom stereocenters. The number of rotatable bonds is 4. The van der Waals surface area contributed by atoms with Crippen molar-refractivity contribution in [2.24, 2.45) is 0 Å². The van der Waals surface area contributed by atoms with Crippen molar-refractivity contribution in [2.45, 2.75) is 58.5 Å². The van der Waals surface area contributed by atoms with E-state index in [1.165, 1.54) is 11.1 Å². The first kappa shape index (κ1) is 19.1. The van der Waals surface area contributed by atoms with Gasteiger partial charge in [0.25, 0.3) is 0 Å². The Labute approximate surface area is 160 Å². The molecule has 2 aromatic rings. The Morgan fingerprint density at radius 2 is 2.15 bits per heavy atom. The predicted molar refractivity (Wildman–Crippen MR) is 107 cm³/mol. The van der Waals surface area contributed by atoms with Gasteiger partial charge in [0.2, 0.25) is 5.91 Å². The Kier molecular flexibility index (Phi) is 5.49. The third-order valence-corrected chi connectivity index (χ3v) is 6.02. The van der Waals surface area contributed by atoms with Crippen LogP contribution in [-0.4, -0.2) is 24.5 Å². The number of thiazole rings is 1. The second kappa shape index (κ2) is 7.49. The number of carbonyl (C=O) groups excluding carboxylic acids is 1.